The van der Waals surface area contributed by atoms with E-state index < -0.39 is 11.0 Å². The van der Waals surface area contributed by atoms with Gasteiger partial charge >= 0.3 is 0 Å². The molecule has 0 aliphatic rings. The number of fused-ring (bicyclic) bond motifs is 1. The van der Waals surface area contributed by atoms with Gasteiger partial charge in [-0.3, -0.25) is 9.52 Å². The van der Waals surface area contributed by atoms with Crippen LogP contribution < -0.4 is 20.8 Å². The Balaban J connectivity index is 1.58. The molecule has 1 unspecified atom stereocenters. The minimum atomic E-state index is -1.51. The van der Waals surface area contributed by atoms with Gasteiger partial charge in [-0.25, -0.2) is 18.7 Å². The predicted octanol–water partition coefficient (Wildman–Crippen LogP) is 4.17. The van der Waals surface area contributed by atoms with Gasteiger partial charge in [0.15, 0.2) is 0 Å². The van der Waals surface area contributed by atoms with Crippen molar-refractivity contribution in [2.24, 2.45) is 0 Å². The summed E-state index contributed by atoms with van der Waals surface area (Å²) in [5.41, 5.74) is 8.88. The van der Waals surface area contributed by atoms with Gasteiger partial charge in [0.05, 0.1) is 28.6 Å². The molecule has 0 fully saturated rings. The average Bonchev–Trinajstić information content (AvgIpc) is 2.89. The van der Waals surface area contributed by atoms with Crippen molar-refractivity contribution in [1.29, 1.82) is 0 Å². The predicted molar refractivity (Wildman–Crippen MR) is 138 cm³/mol. The Kier molecular flexibility index (Phi) is 5.99. The summed E-state index contributed by atoms with van der Waals surface area (Å²) in [6, 6.07) is 25.3. The Labute approximate surface area is 203 Å². The topological polar surface area (TPSA) is 112 Å². The van der Waals surface area contributed by atoms with Gasteiger partial charge in [-0.1, -0.05) is 42.5 Å². The second-order valence-corrected chi connectivity index (χ2v) is 8.86. The van der Waals surface area contributed by atoms with Crippen LogP contribution in [0.25, 0.3) is 27.7 Å². The molecule has 0 saturated carbocycles. The largest absolute Gasteiger partial charge is 0.480 e. The molecule has 5 aromatic rings. The summed E-state index contributed by atoms with van der Waals surface area (Å²) in [6.07, 6.45) is 1.64. The number of pyridine rings is 1. The van der Waals surface area contributed by atoms with Crippen LogP contribution in [0.5, 0.6) is 5.88 Å². The van der Waals surface area contributed by atoms with Crippen molar-refractivity contribution >= 4 is 33.5 Å². The van der Waals surface area contributed by atoms with Crippen molar-refractivity contribution in [2.75, 3.05) is 17.6 Å². The average molecular weight is 484 g/mol. The molecule has 174 valence electrons. The van der Waals surface area contributed by atoms with E-state index in [0.29, 0.717) is 38.6 Å². The number of methoxy groups -OCH3 is 1. The molecule has 3 N–H and O–H groups in total. The summed E-state index contributed by atoms with van der Waals surface area (Å²) in [6.45, 7) is 0. The Morgan fingerprint density at radius 2 is 1.66 bits per heavy atom. The van der Waals surface area contributed by atoms with E-state index in [1.807, 2.05) is 42.5 Å². The molecule has 0 radical (unpaired) electrons. The van der Waals surface area contributed by atoms with Crippen molar-refractivity contribution in [3.05, 3.63) is 101 Å². The van der Waals surface area contributed by atoms with Gasteiger partial charge in [0.1, 0.15) is 16.7 Å². The summed E-state index contributed by atoms with van der Waals surface area (Å²) >= 11 is 0. The zero-order chi connectivity index (χ0) is 24.4. The zero-order valence-electron chi connectivity index (χ0n) is 18.7. The molecule has 0 aliphatic carbocycles. The van der Waals surface area contributed by atoms with E-state index in [1.165, 1.54) is 11.7 Å². The van der Waals surface area contributed by atoms with Gasteiger partial charge < -0.3 is 10.5 Å². The molecule has 0 bridgehead atoms. The Bertz CT molecular complexity index is 1610. The molecule has 2 aromatic heterocycles. The number of anilines is 2. The molecule has 0 spiro atoms. The van der Waals surface area contributed by atoms with Crippen LogP contribution in [0.15, 0.2) is 101 Å². The Morgan fingerprint density at radius 3 is 2.37 bits per heavy atom. The second kappa shape index (κ2) is 9.40. The van der Waals surface area contributed by atoms with E-state index in [4.69, 9.17) is 10.5 Å². The summed E-state index contributed by atoms with van der Waals surface area (Å²) in [5.74, 6) is 0.419. The fourth-order valence-corrected chi connectivity index (χ4v) is 4.63. The van der Waals surface area contributed by atoms with Crippen LogP contribution in [0, 0.1) is 0 Å². The molecule has 0 saturated heterocycles. The standard InChI is InChI=1S/C26H21N5O3S/c1-34-24-23(30-35(33)20-10-6-3-7-11-20)15-18(16-28-24)17-12-13-22-21(14-17)25(32)31(26(27)29-22)19-8-4-2-5-9-19/h2-16,30H,1H3,(H2,27,29). The third-order valence-electron chi connectivity index (χ3n) is 5.45. The highest BCUT2D eigenvalue weighted by molar-refractivity contribution is 7.86. The van der Waals surface area contributed by atoms with E-state index in [1.54, 1.807) is 48.7 Å². The highest BCUT2D eigenvalue weighted by atomic mass is 32.2. The maximum absolute atomic E-state index is 13.4. The number of nitrogen functional groups attached to an aromatic ring is 1. The van der Waals surface area contributed by atoms with Gasteiger partial charge in [0.25, 0.3) is 5.56 Å². The lowest BCUT2D eigenvalue weighted by Crippen LogP contribution is -2.23. The van der Waals surface area contributed by atoms with Crippen LogP contribution in [0.3, 0.4) is 0 Å². The lowest BCUT2D eigenvalue weighted by atomic mass is 10.0. The number of para-hydroxylation sites is 1. The number of ether oxygens (including phenoxy) is 1. The summed E-state index contributed by atoms with van der Waals surface area (Å²) in [5, 5.41) is 0.416. The van der Waals surface area contributed by atoms with Gasteiger partial charge in [-0.2, -0.15) is 0 Å². The van der Waals surface area contributed by atoms with Crippen molar-refractivity contribution in [2.45, 2.75) is 4.90 Å². The van der Waals surface area contributed by atoms with Gasteiger partial charge in [0, 0.05) is 11.8 Å². The minimum absolute atomic E-state index is 0.113. The number of aromatic nitrogens is 3. The number of hydrogen-bond acceptors (Lipinski definition) is 6. The minimum Gasteiger partial charge on any atom is -0.480 e. The third kappa shape index (κ3) is 4.36. The second-order valence-electron chi connectivity index (χ2n) is 7.64. The molecule has 0 aliphatic heterocycles. The number of rotatable bonds is 6. The van der Waals surface area contributed by atoms with Crippen molar-refractivity contribution in [1.82, 2.24) is 14.5 Å². The van der Waals surface area contributed by atoms with Crippen LogP contribution in [0.2, 0.25) is 0 Å². The molecular formula is C26H21N5O3S. The van der Waals surface area contributed by atoms with Crippen molar-refractivity contribution in [3.8, 4) is 22.7 Å². The van der Waals surface area contributed by atoms with Gasteiger partial charge in [-0.15, -0.1) is 0 Å². The number of nitrogens with zero attached hydrogens (tertiary/aromatic N) is 3. The highest BCUT2D eigenvalue weighted by Crippen LogP contribution is 2.30. The van der Waals surface area contributed by atoms with E-state index in [0.717, 1.165) is 5.56 Å². The lowest BCUT2D eigenvalue weighted by Gasteiger charge is -2.13. The first-order valence-electron chi connectivity index (χ1n) is 10.7. The quantitative estimate of drug-likeness (QED) is 0.375. The fraction of sp³-hybridized carbons (Fsp3) is 0.0385. The molecular weight excluding hydrogens is 462 g/mol. The number of nitrogens with two attached hydrogens (primary N) is 1. The first kappa shape index (κ1) is 22.3. The maximum Gasteiger partial charge on any atom is 0.267 e. The molecule has 1 atom stereocenters. The summed E-state index contributed by atoms with van der Waals surface area (Å²) in [7, 11) is -0.0143. The van der Waals surface area contributed by atoms with Crippen LogP contribution in [0.4, 0.5) is 11.6 Å². The Hall–Kier alpha value is -4.50. The molecule has 5 rings (SSSR count). The molecule has 3 aromatic carbocycles. The van der Waals surface area contributed by atoms with E-state index in [2.05, 4.69) is 14.7 Å². The van der Waals surface area contributed by atoms with Gasteiger partial charge in [0.2, 0.25) is 11.8 Å². The summed E-state index contributed by atoms with van der Waals surface area (Å²) in [4.78, 5) is 22.8. The molecule has 0 amide bonds. The molecule has 35 heavy (non-hydrogen) atoms. The smallest absolute Gasteiger partial charge is 0.267 e. The van der Waals surface area contributed by atoms with Crippen LogP contribution in [0.1, 0.15) is 0 Å². The van der Waals surface area contributed by atoms with Crippen LogP contribution >= 0.6 is 0 Å². The van der Waals surface area contributed by atoms with Crippen LogP contribution in [-0.4, -0.2) is 25.9 Å². The van der Waals surface area contributed by atoms with E-state index in [9.17, 15) is 9.00 Å². The first-order chi connectivity index (χ1) is 17.0. The van der Waals surface area contributed by atoms with Crippen LogP contribution in [-0.2, 0) is 11.0 Å². The lowest BCUT2D eigenvalue weighted by molar-refractivity contribution is 0.400. The third-order valence-corrected chi connectivity index (χ3v) is 6.55. The monoisotopic (exact) mass is 483 g/mol. The highest BCUT2D eigenvalue weighted by Gasteiger charge is 2.14. The SMILES string of the molecule is COc1ncc(-c2ccc3nc(N)n(-c4ccccc4)c(=O)c3c2)cc1NS(=O)c1ccccc1. The van der Waals surface area contributed by atoms with Gasteiger partial charge in [-0.05, 0) is 48.0 Å². The first-order valence-corrected chi connectivity index (χ1v) is 11.9. The number of nitrogens with one attached hydrogen (secondary N) is 1. The molecule has 8 nitrogen and oxygen atoms in total. The number of hydrogen-bond donors (Lipinski definition) is 2. The normalized spacial score (nSPS) is 11.8. The molecule has 9 heteroatoms. The summed E-state index contributed by atoms with van der Waals surface area (Å²) < 4.78 is 22.5. The maximum atomic E-state index is 13.4. The fourth-order valence-electron chi connectivity index (χ4n) is 3.76. The number of benzene rings is 3. The van der Waals surface area contributed by atoms with E-state index >= 15 is 0 Å². The van der Waals surface area contributed by atoms with Crippen molar-refractivity contribution < 1.29 is 8.95 Å². The Morgan fingerprint density at radius 1 is 0.943 bits per heavy atom. The zero-order valence-corrected chi connectivity index (χ0v) is 19.5. The molecule has 2 heterocycles. The van der Waals surface area contributed by atoms with Crippen molar-refractivity contribution in [3.63, 3.8) is 0 Å². The van der Waals surface area contributed by atoms with E-state index in [-0.39, 0.29) is 11.5 Å².